The molecule has 0 radical (unpaired) electrons. The maximum absolute atomic E-state index is 6.11. The van der Waals surface area contributed by atoms with E-state index in [9.17, 15) is 0 Å². The van der Waals surface area contributed by atoms with Gasteiger partial charge in [-0.2, -0.15) is 0 Å². The number of fused-ring (bicyclic) bond motifs is 6. The van der Waals surface area contributed by atoms with E-state index in [2.05, 4.69) is 132 Å². The highest BCUT2D eigenvalue weighted by molar-refractivity contribution is 9.10. The maximum atomic E-state index is 6.11. The molecule has 0 aliphatic heterocycles. The van der Waals surface area contributed by atoms with Gasteiger partial charge in [0.15, 0.2) is 0 Å². The molecule has 5 N–H and O–H groups in total. The van der Waals surface area contributed by atoms with E-state index in [1.54, 1.807) is 7.11 Å². The van der Waals surface area contributed by atoms with Gasteiger partial charge in [-0.1, -0.05) is 44.0 Å². The Morgan fingerprint density at radius 1 is 0.706 bits per heavy atom. The highest BCUT2D eigenvalue weighted by Gasteiger charge is 2.24. The number of hydrogen-bond donors (Lipinski definition) is 4. The van der Waals surface area contributed by atoms with E-state index in [0.29, 0.717) is 6.04 Å². The van der Waals surface area contributed by atoms with Gasteiger partial charge in [-0.05, 0) is 128 Å². The minimum atomic E-state index is 0.194. The third-order valence-electron chi connectivity index (χ3n) is 9.98. The number of ether oxygens (including phenoxy) is 1. The van der Waals surface area contributed by atoms with Gasteiger partial charge in [0.05, 0.1) is 7.11 Å². The number of aromatic nitrogens is 2. The summed E-state index contributed by atoms with van der Waals surface area (Å²) in [6.45, 7) is 0.900. The average molecular weight is 815 g/mol. The zero-order valence-electron chi connectivity index (χ0n) is 30.3. The SMILES string of the molecule is CN(C)c1ccc(CN[C@@H]2CCCc3c2[nH]c2ccc(Br)cc32)cc1.COc1ccc(N(C)C)cc1.N[C@@H]1CCCc2c1[nH]c1ccc(Br)cc21. The maximum Gasteiger partial charge on any atom is 0.119 e. The van der Waals surface area contributed by atoms with E-state index in [0.717, 1.165) is 34.1 Å². The van der Waals surface area contributed by atoms with Crippen molar-refractivity contribution in [3.05, 3.63) is 122 Å². The number of benzene rings is 4. The molecule has 6 aromatic rings. The molecule has 7 nitrogen and oxygen atoms in total. The summed E-state index contributed by atoms with van der Waals surface area (Å²) in [5.41, 5.74) is 17.9. The lowest BCUT2D eigenvalue weighted by Crippen LogP contribution is -2.24. The second kappa shape index (κ2) is 16.7. The van der Waals surface area contributed by atoms with E-state index in [1.807, 2.05) is 38.4 Å². The number of nitrogens with one attached hydrogen (secondary N) is 3. The van der Waals surface area contributed by atoms with Crippen molar-refractivity contribution in [3.63, 3.8) is 0 Å². The number of nitrogens with zero attached hydrogens (tertiary/aromatic N) is 2. The number of methoxy groups -OCH3 is 1. The summed E-state index contributed by atoms with van der Waals surface area (Å²) in [4.78, 5) is 11.3. The molecule has 8 rings (SSSR count). The second-order valence-corrected chi connectivity index (χ2v) is 15.7. The van der Waals surface area contributed by atoms with Crippen LogP contribution in [0.2, 0.25) is 0 Å². The van der Waals surface area contributed by atoms with Crippen molar-refractivity contribution >= 4 is 65.0 Å². The first-order chi connectivity index (χ1) is 24.6. The first kappa shape index (κ1) is 37.0. The van der Waals surface area contributed by atoms with Gasteiger partial charge < -0.3 is 35.6 Å². The first-order valence-electron chi connectivity index (χ1n) is 17.8. The zero-order chi connectivity index (χ0) is 36.1. The molecule has 0 amide bonds. The molecule has 0 fully saturated rings. The van der Waals surface area contributed by atoms with Gasteiger partial charge >= 0.3 is 0 Å². The fraction of sp³-hybridized carbons (Fsp3) is 0.333. The minimum Gasteiger partial charge on any atom is -0.497 e. The quantitative estimate of drug-likeness (QED) is 0.135. The van der Waals surface area contributed by atoms with E-state index in [4.69, 9.17) is 10.5 Å². The Morgan fingerprint density at radius 2 is 1.22 bits per heavy atom. The smallest absolute Gasteiger partial charge is 0.119 e. The minimum absolute atomic E-state index is 0.194. The summed E-state index contributed by atoms with van der Waals surface area (Å²) in [7, 11) is 9.85. The van der Waals surface area contributed by atoms with Gasteiger partial charge in [0, 0.05) is 100 Å². The lowest BCUT2D eigenvalue weighted by molar-refractivity contribution is 0.415. The summed E-state index contributed by atoms with van der Waals surface area (Å²) in [6.07, 6.45) is 7.05. The van der Waals surface area contributed by atoms with Gasteiger partial charge in [0.1, 0.15) is 5.75 Å². The van der Waals surface area contributed by atoms with Gasteiger partial charge in [-0.25, -0.2) is 0 Å². The summed E-state index contributed by atoms with van der Waals surface area (Å²) in [5, 5.41) is 6.46. The third-order valence-corrected chi connectivity index (χ3v) is 11.0. The van der Waals surface area contributed by atoms with Gasteiger partial charge in [0.2, 0.25) is 0 Å². The van der Waals surface area contributed by atoms with E-state index >= 15 is 0 Å². The molecular weight excluding hydrogens is 764 g/mol. The van der Waals surface area contributed by atoms with Crippen LogP contribution in [0.15, 0.2) is 93.9 Å². The number of nitrogens with two attached hydrogens (primary N) is 1. The average Bonchev–Trinajstić information content (AvgIpc) is 3.70. The molecule has 9 heteroatoms. The van der Waals surface area contributed by atoms with Crippen molar-refractivity contribution in [1.29, 1.82) is 0 Å². The molecule has 0 bridgehead atoms. The second-order valence-electron chi connectivity index (χ2n) is 13.9. The van der Waals surface area contributed by atoms with Crippen LogP contribution in [0.25, 0.3) is 21.8 Å². The monoisotopic (exact) mass is 812 g/mol. The number of H-pyrrole nitrogens is 2. The molecule has 2 heterocycles. The van der Waals surface area contributed by atoms with Crippen molar-refractivity contribution < 1.29 is 4.74 Å². The Hall–Kier alpha value is -3.76. The van der Waals surface area contributed by atoms with Crippen molar-refractivity contribution in [2.24, 2.45) is 5.73 Å². The number of rotatable bonds is 6. The Kier molecular flexibility index (Phi) is 12.1. The standard InChI is InChI=1S/C21H24BrN3.C12H13BrN2.C9H13NO/c1-25(2)16-9-6-14(7-10-16)13-23-20-5-3-4-17-18-12-15(22)8-11-19(18)24-21(17)20;13-7-4-5-11-9(6-7)8-2-1-3-10(14)12(8)15-11;1-10(2)8-4-6-9(11-3)7-5-8/h6-12,20,23-24H,3-5,13H2,1-2H3;4-6,10,15H,1-3,14H2;4-7H,1-3H3/t20-;10-;/m11./s1. The van der Waals surface area contributed by atoms with Crippen molar-refractivity contribution in [2.75, 3.05) is 45.1 Å². The Bertz CT molecular complexity index is 2050. The van der Waals surface area contributed by atoms with Crippen LogP contribution in [0, 0.1) is 0 Å². The molecule has 2 aliphatic carbocycles. The topological polar surface area (TPSA) is 85.3 Å². The fourth-order valence-electron chi connectivity index (χ4n) is 7.14. The molecule has 0 saturated heterocycles. The molecule has 268 valence electrons. The van der Waals surface area contributed by atoms with Crippen LogP contribution in [0.4, 0.5) is 11.4 Å². The highest BCUT2D eigenvalue weighted by atomic mass is 79.9. The van der Waals surface area contributed by atoms with Crippen molar-refractivity contribution in [1.82, 2.24) is 15.3 Å². The largest absolute Gasteiger partial charge is 0.497 e. The number of aromatic amines is 2. The Labute approximate surface area is 319 Å². The number of aryl methyl sites for hydroxylation is 2. The summed E-state index contributed by atoms with van der Waals surface area (Å²) in [5.74, 6) is 0.899. The Balaban J connectivity index is 0.000000146. The fourth-order valence-corrected chi connectivity index (χ4v) is 7.86. The number of anilines is 2. The van der Waals surface area contributed by atoms with Crippen LogP contribution >= 0.6 is 31.9 Å². The normalized spacial score (nSPS) is 16.3. The van der Waals surface area contributed by atoms with E-state index in [-0.39, 0.29) is 6.04 Å². The van der Waals surface area contributed by atoms with Gasteiger partial charge in [-0.15, -0.1) is 0 Å². The van der Waals surface area contributed by atoms with E-state index in [1.165, 1.54) is 86.9 Å². The summed E-state index contributed by atoms with van der Waals surface area (Å²) < 4.78 is 7.32. The number of halogens is 2. The molecule has 2 atom stereocenters. The highest BCUT2D eigenvalue weighted by Crippen LogP contribution is 2.37. The lowest BCUT2D eigenvalue weighted by Gasteiger charge is -2.24. The molecule has 51 heavy (non-hydrogen) atoms. The van der Waals surface area contributed by atoms with E-state index < -0.39 is 0 Å². The Morgan fingerprint density at radius 3 is 1.76 bits per heavy atom. The predicted octanol–water partition coefficient (Wildman–Crippen LogP) is 10.2. The van der Waals surface area contributed by atoms with Crippen molar-refractivity contribution in [3.8, 4) is 5.75 Å². The summed E-state index contributed by atoms with van der Waals surface area (Å²) in [6, 6.07) is 30.3. The predicted molar refractivity (Wildman–Crippen MR) is 222 cm³/mol. The van der Waals surface area contributed by atoms with Crippen LogP contribution in [0.1, 0.15) is 65.8 Å². The van der Waals surface area contributed by atoms with Crippen LogP contribution in [-0.2, 0) is 19.4 Å². The molecule has 0 unspecified atom stereocenters. The van der Waals surface area contributed by atoms with Crippen LogP contribution in [0.3, 0.4) is 0 Å². The molecule has 2 aromatic heterocycles. The molecule has 0 saturated carbocycles. The van der Waals surface area contributed by atoms with Gasteiger partial charge in [0.25, 0.3) is 0 Å². The summed E-state index contributed by atoms with van der Waals surface area (Å²) >= 11 is 7.12. The first-order valence-corrected chi connectivity index (χ1v) is 19.4. The van der Waals surface area contributed by atoms with Gasteiger partial charge in [-0.3, -0.25) is 0 Å². The number of hydrogen-bond acceptors (Lipinski definition) is 5. The van der Waals surface area contributed by atoms with Crippen LogP contribution < -0.4 is 25.6 Å². The third kappa shape index (κ3) is 8.83. The molecule has 2 aliphatic rings. The zero-order valence-corrected chi connectivity index (χ0v) is 33.5. The molecular formula is C42H50Br2N6O. The van der Waals surface area contributed by atoms with Crippen LogP contribution in [0.5, 0.6) is 5.75 Å². The molecule has 4 aromatic carbocycles. The van der Waals surface area contributed by atoms with Crippen molar-refractivity contribution in [2.45, 2.75) is 57.2 Å². The van der Waals surface area contributed by atoms with Crippen LogP contribution in [-0.4, -0.2) is 45.3 Å². The lowest BCUT2D eigenvalue weighted by atomic mass is 9.91. The molecule has 0 spiro atoms.